The first-order chi connectivity index (χ1) is 11.0. The summed E-state index contributed by atoms with van der Waals surface area (Å²) in [6.45, 7) is 9.82. The molecule has 1 rings (SSSR count). The van der Waals surface area contributed by atoms with Crippen molar-refractivity contribution in [3.63, 3.8) is 0 Å². The van der Waals surface area contributed by atoms with Crippen molar-refractivity contribution < 1.29 is 23.3 Å². The standard InChI is InChI=1S/C13H23N4O6P/c1-7(2)21-11-10(17(18)19)12(16-13(14)15-11)24(20,22-8(3)4)23-9(5)6/h7-9H,1-6H3,(H2,14,15,16). The molecule has 0 saturated heterocycles. The SMILES string of the molecule is CC(C)Oc1nc(N)nc(P(=O)(OC(C)C)OC(C)C)c1[N+](=O)[O-]. The number of hydrogen-bond donors (Lipinski definition) is 1. The average molecular weight is 362 g/mol. The van der Waals surface area contributed by atoms with Crippen LogP contribution >= 0.6 is 7.60 Å². The van der Waals surface area contributed by atoms with E-state index >= 15 is 0 Å². The summed E-state index contributed by atoms with van der Waals surface area (Å²) in [5.74, 6) is -0.705. The van der Waals surface area contributed by atoms with Gasteiger partial charge in [-0.25, -0.2) is 0 Å². The fraction of sp³-hybridized carbons (Fsp3) is 0.692. The number of aromatic nitrogens is 2. The van der Waals surface area contributed by atoms with Crippen LogP contribution in [0.1, 0.15) is 41.5 Å². The first-order valence-electron chi connectivity index (χ1n) is 7.42. The Bertz CT molecular complexity index is 636. The second kappa shape index (κ2) is 7.87. The van der Waals surface area contributed by atoms with Crippen LogP contribution in [0.3, 0.4) is 0 Å². The number of nitrogen functional groups attached to an aromatic ring is 1. The molecule has 0 aromatic carbocycles. The molecule has 0 spiro atoms. The number of nitrogens with two attached hydrogens (primary N) is 1. The summed E-state index contributed by atoms with van der Waals surface area (Å²) < 4.78 is 29.3. The molecule has 0 fully saturated rings. The minimum atomic E-state index is -4.13. The summed E-state index contributed by atoms with van der Waals surface area (Å²) in [6, 6.07) is 0. The maximum atomic E-state index is 13.2. The smallest absolute Gasteiger partial charge is 0.387 e. The summed E-state index contributed by atoms with van der Waals surface area (Å²) in [7, 11) is -4.13. The monoisotopic (exact) mass is 362 g/mol. The zero-order chi connectivity index (χ0) is 18.7. The van der Waals surface area contributed by atoms with E-state index in [0.717, 1.165) is 0 Å². The second-order valence-electron chi connectivity index (χ2n) is 5.79. The van der Waals surface area contributed by atoms with Gasteiger partial charge in [0.1, 0.15) is 0 Å². The van der Waals surface area contributed by atoms with Gasteiger partial charge in [-0.2, -0.15) is 9.97 Å². The van der Waals surface area contributed by atoms with E-state index in [4.69, 9.17) is 19.5 Å². The lowest BCUT2D eigenvalue weighted by Gasteiger charge is -2.22. The number of nitrogens with zero attached hydrogens (tertiary/aromatic N) is 3. The Balaban J connectivity index is 3.65. The quantitative estimate of drug-likeness (QED) is 0.419. The van der Waals surface area contributed by atoms with E-state index in [1.807, 2.05) is 0 Å². The van der Waals surface area contributed by atoms with Crippen LogP contribution in [0, 0.1) is 10.1 Å². The molecule has 0 radical (unpaired) electrons. The zero-order valence-electron chi connectivity index (χ0n) is 14.5. The van der Waals surface area contributed by atoms with Crippen LogP contribution in [0.4, 0.5) is 11.6 Å². The van der Waals surface area contributed by atoms with Crippen molar-refractivity contribution in [1.29, 1.82) is 0 Å². The van der Waals surface area contributed by atoms with E-state index in [-0.39, 0.29) is 11.8 Å². The molecular weight excluding hydrogens is 339 g/mol. The number of nitro groups is 1. The molecule has 136 valence electrons. The molecule has 0 atom stereocenters. The van der Waals surface area contributed by atoms with Crippen LogP contribution in [0.5, 0.6) is 5.88 Å². The van der Waals surface area contributed by atoms with Crippen LogP contribution in [0.25, 0.3) is 0 Å². The summed E-state index contributed by atoms with van der Waals surface area (Å²) in [4.78, 5) is 18.3. The van der Waals surface area contributed by atoms with E-state index < -0.39 is 42.0 Å². The lowest BCUT2D eigenvalue weighted by Crippen LogP contribution is -2.25. The van der Waals surface area contributed by atoms with E-state index in [0.29, 0.717) is 0 Å². The van der Waals surface area contributed by atoms with Gasteiger partial charge in [0.15, 0.2) is 0 Å². The Kier molecular flexibility index (Phi) is 6.65. The van der Waals surface area contributed by atoms with Gasteiger partial charge >= 0.3 is 19.2 Å². The van der Waals surface area contributed by atoms with Crippen molar-refractivity contribution in [3.05, 3.63) is 10.1 Å². The number of anilines is 1. The lowest BCUT2D eigenvalue weighted by molar-refractivity contribution is -0.385. The molecule has 1 aromatic rings. The molecule has 10 nitrogen and oxygen atoms in total. The molecule has 11 heteroatoms. The summed E-state index contributed by atoms with van der Waals surface area (Å²) in [5, 5.41) is 11.5. The molecule has 2 N–H and O–H groups in total. The van der Waals surface area contributed by atoms with Crippen molar-refractivity contribution in [2.24, 2.45) is 0 Å². The molecule has 0 unspecified atom stereocenters. The predicted molar refractivity (Wildman–Crippen MR) is 88.5 cm³/mol. The second-order valence-corrected chi connectivity index (χ2v) is 7.63. The van der Waals surface area contributed by atoms with Crippen molar-refractivity contribution in [1.82, 2.24) is 9.97 Å². The maximum Gasteiger partial charge on any atom is 0.387 e. The normalized spacial score (nSPS) is 12.2. The topological polar surface area (TPSA) is 140 Å². The van der Waals surface area contributed by atoms with Crippen LogP contribution in [-0.4, -0.2) is 33.2 Å². The minimum Gasteiger partial charge on any atom is -0.470 e. The van der Waals surface area contributed by atoms with E-state index in [1.165, 1.54) is 0 Å². The lowest BCUT2D eigenvalue weighted by atomic mass is 10.4. The Morgan fingerprint density at radius 3 is 1.92 bits per heavy atom. The van der Waals surface area contributed by atoms with E-state index in [9.17, 15) is 14.7 Å². The van der Waals surface area contributed by atoms with Crippen LogP contribution in [0.15, 0.2) is 0 Å². The van der Waals surface area contributed by atoms with Crippen LogP contribution in [-0.2, 0) is 13.6 Å². The van der Waals surface area contributed by atoms with Gasteiger partial charge in [-0.05, 0) is 41.5 Å². The highest BCUT2D eigenvalue weighted by molar-refractivity contribution is 7.62. The molecular formula is C13H23N4O6P. The van der Waals surface area contributed by atoms with E-state index in [1.54, 1.807) is 41.5 Å². The first-order valence-corrected chi connectivity index (χ1v) is 8.96. The Morgan fingerprint density at radius 1 is 1.04 bits per heavy atom. The molecule has 0 aliphatic carbocycles. The van der Waals surface area contributed by atoms with Crippen molar-refractivity contribution >= 4 is 24.7 Å². The first kappa shape index (κ1) is 20.3. The number of hydrogen-bond acceptors (Lipinski definition) is 9. The fourth-order valence-corrected chi connectivity index (χ4v) is 3.80. The highest BCUT2D eigenvalue weighted by Crippen LogP contribution is 2.52. The highest BCUT2D eigenvalue weighted by Gasteiger charge is 2.43. The Morgan fingerprint density at radius 2 is 1.54 bits per heavy atom. The van der Waals surface area contributed by atoms with Crippen molar-refractivity contribution in [3.8, 4) is 5.88 Å². The van der Waals surface area contributed by atoms with Gasteiger partial charge in [0.2, 0.25) is 11.4 Å². The molecule has 0 aliphatic rings. The molecule has 1 aromatic heterocycles. The van der Waals surface area contributed by atoms with Crippen molar-refractivity contribution in [2.45, 2.75) is 59.9 Å². The summed E-state index contributed by atoms with van der Waals surface area (Å²) in [6.07, 6.45) is -1.47. The van der Waals surface area contributed by atoms with Gasteiger partial charge in [-0.1, -0.05) is 0 Å². The van der Waals surface area contributed by atoms with Gasteiger partial charge in [-0.3, -0.25) is 14.7 Å². The fourth-order valence-electron chi connectivity index (χ4n) is 1.77. The third-order valence-corrected chi connectivity index (χ3v) is 4.57. The van der Waals surface area contributed by atoms with Crippen molar-refractivity contribution in [2.75, 3.05) is 5.73 Å². The summed E-state index contributed by atoms with van der Waals surface area (Å²) in [5.41, 5.74) is 4.41. The number of rotatable bonds is 8. The molecule has 0 aliphatic heterocycles. The molecule has 1 heterocycles. The van der Waals surface area contributed by atoms with E-state index in [2.05, 4.69) is 9.97 Å². The Hall–Kier alpha value is -1.77. The highest BCUT2D eigenvalue weighted by atomic mass is 31.2. The minimum absolute atomic E-state index is 0.328. The van der Waals surface area contributed by atoms with Gasteiger partial charge in [0.25, 0.3) is 0 Å². The predicted octanol–water partition coefficient (Wildman–Crippen LogP) is 2.42. The van der Waals surface area contributed by atoms with Crippen LogP contribution in [0.2, 0.25) is 0 Å². The zero-order valence-corrected chi connectivity index (χ0v) is 15.4. The molecule has 24 heavy (non-hydrogen) atoms. The van der Waals surface area contributed by atoms with Gasteiger partial charge in [-0.15, -0.1) is 0 Å². The van der Waals surface area contributed by atoms with Gasteiger partial charge < -0.3 is 19.5 Å². The summed E-state index contributed by atoms with van der Waals surface area (Å²) >= 11 is 0. The number of ether oxygens (including phenoxy) is 1. The third-order valence-electron chi connectivity index (χ3n) is 2.34. The van der Waals surface area contributed by atoms with Crippen LogP contribution < -0.4 is 15.9 Å². The van der Waals surface area contributed by atoms with Gasteiger partial charge in [0.05, 0.1) is 23.2 Å². The molecule has 0 saturated carbocycles. The third kappa shape index (κ3) is 5.12. The maximum absolute atomic E-state index is 13.2. The van der Waals surface area contributed by atoms with Gasteiger partial charge in [0, 0.05) is 0 Å². The molecule has 0 amide bonds. The average Bonchev–Trinajstić information content (AvgIpc) is 2.34. The molecule has 0 bridgehead atoms. The largest absolute Gasteiger partial charge is 0.470 e. The Labute approximate surface area is 140 Å².